The van der Waals surface area contributed by atoms with Gasteiger partial charge in [0.25, 0.3) is 0 Å². The molecule has 1 rings (SSSR count). The van der Waals surface area contributed by atoms with Crippen molar-refractivity contribution in [1.29, 1.82) is 0 Å². The van der Waals surface area contributed by atoms with Crippen LogP contribution in [-0.4, -0.2) is 57.5 Å². The van der Waals surface area contributed by atoms with Gasteiger partial charge in [-0.05, 0) is 0 Å². The standard InChI is InChI=1S/C6H12O5.C2H5NO/c7-2-4-6(10)3(8)1-5(9)11-4;1-2(3)4/h3-10H,1-2H2;1H3,(H2,3,4)/t3-,4-,5-,6+;/m1./s1. The molecule has 1 aliphatic heterocycles. The first-order valence-corrected chi connectivity index (χ1v) is 4.45. The highest BCUT2D eigenvalue weighted by Gasteiger charge is 2.35. The largest absolute Gasteiger partial charge is 0.394 e. The van der Waals surface area contributed by atoms with E-state index in [1.807, 2.05) is 0 Å². The Morgan fingerprint density at radius 2 is 1.93 bits per heavy atom. The van der Waals surface area contributed by atoms with Crippen LogP contribution in [0.15, 0.2) is 0 Å². The van der Waals surface area contributed by atoms with Crippen molar-refractivity contribution in [2.24, 2.45) is 5.73 Å². The third kappa shape index (κ3) is 5.65. The predicted octanol–water partition coefficient (Wildman–Crippen LogP) is -2.70. The number of nitrogens with two attached hydrogens (primary N) is 1. The quantitative estimate of drug-likeness (QED) is 0.328. The number of carbonyl (C=O) groups is 1. The van der Waals surface area contributed by atoms with Crippen LogP contribution in [0.1, 0.15) is 13.3 Å². The lowest BCUT2D eigenvalue weighted by Crippen LogP contribution is -2.49. The minimum absolute atomic E-state index is 0.0162. The van der Waals surface area contributed by atoms with Crippen molar-refractivity contribution < 1.29 is 30.0 Å². The molecule has 0 saturated carbocycles. The number of ether oxygens (including phenoxy) is 1. The average molecular weight is 223 g/mol. The SMILES string of the molecule is CC(N)=O.OC[C@H]1O[C@@H](O)C[C@@H](O)[C@@H]1O. The summed E-state index contributed by atoms with van der Waals surface area (Å²) >= 11 is 0. The molecule has 0 radical (unpaired) electrons. The Morgan fingerprint density at radius 3 is 2.33 bits per heavy atom. The second-order valence-electron chi connectivity index (χ2n) is 3.22. The molecule has 0 aromatic carbocycles. The monoisotopic (exact) mass is 223 g/mol. The highest BCUT2D eigenvalue weighted by Crippen LogP contribution is 2.18. The van der Waals surface area contributed by atoms with E-state index >= 15 is 0 Å². The van der Waals surface area contributed by atoms with Gasteiger partial charge in [-0.25, -0.2) is 0 Å². The number of carbonyl (C=O) groups excluding carboxylic acids is 1. The van der Waals surface area contributed by atoms with Crippen LogP contribution in [0.2, 0.25) is 0 Å². The number of aliphatic hydroxyl groups is 4. The van der Waals surface area contributed by atoms with E-state index in [2.05, 4.69) is 5.73 Å². The first kappa shape index (κ1) is 14.3. The van der Waals surface area contributed by atoms with Gasteiger partial charge in [-0.3, -0.25) is 4.79 Å². The topological polar surface area (TPSA) is 133 Å². The van der Waals surface area contributed by atoms with Gasteiger partial charge < -0.3 is 30.9 Å². The first-order valence-electron chi connectivity index (χ1n) is 4.45. The minimum atomic E-state index is -1.11. The first-order chi connectivity index (χ1) is 6.88. The molecule has 1 fully saturated rings. The molecule has 90 valence electrons. The number of amides is 1. The molecule has 4 atom stereocenters. The molecule has 7 nitrogen and oxygen atoms in total. The highest BCUT2D eigenvalue weighted by atomic mass is 16.6. The van der Waals surface area contributed by atoms with Gasteiger partial charge in [-0.15, -0.1) is 0 Å². The molecule has 1 saturated heterocycles. The Labute approximate surface area is 87.1 Å². The van der Waals surface area contributed by atoms with E-state index in [4.69, 9.17) is 25.2 Å². The van der Waals surface area contributed by atoms with Gasteiger partial charge >= 0.3 is 0 Å². The highest BCUT2D eigenvalue weighted by molar-refractivity contribution is 5.70. The molecule has 1 heterocycles. The maximum Gasteiger partial charge on any atom is 0.214 e. The molecule has 0 aliphatic carbocycles. The lowest BCUT2D eigenvalue weighted by molar-refractivity contribution is -0.239. The molecule has 1 aliphatic rings. The van der Waals surface area contributed by atoms with E-state index in [1.54, 1.807) is 0 Å². The molecular weight excluding hydrogens is 206 g/mol. The van der Waals surface area contributed by atoms with Crippen molar-refractivity contribution in [3.8, 4) is 0 Å². The maximum atomic E-state index is 9.22. The van der Waals surface area contributed by atoms with Crippen LogP contribution in [0.5, 0.6) is 0 Å². The van der Waals surface area contributed by atoms with E-state index < -0.39 is 31.2 Å². The van der Waals surface area contributed by atoms with Crippen LogP contribution in [-0.2, 0) is 9.53 Å². The summed E-state index contributed by atoms with van der Waals surface area (Å²) in [6.07, 6.45) is -4.11. The lowest BCUT2D eigenvalue weighted by Gasteiger charge is -2.33. The summed E-state index contributed by atoms with van der Waals surface area (Å²) in [6, 6.07) is 0. The van der Waals surface area contributed by atoms with Gasteiger partial charge in [0.05, 0.1) is 12.7 Å². The van der Waals surface area contributed by atoms with Gasteiger partial charge in [-0.2, -0.15) is 0 Å². The van der Waals surface area contributed by atoms with Gasteiger partial charge in [0.1, 0.15) is 12.2 Å². The number of primary amides is 1. The van der Waals surface area contributed by atoms with Gasteiger partial charge in [-0.1, -0.05) is 0 Å². The summed E-state index contributed by atoms with van der Waals surface area (Å²) in [5, 5.41) is 35.6. The van der Waals surface area contributed by atoms with Crippen LogP contribution < -0.4 is 5.73 Å². The zero-order valence-corrected chi connectivity index (χ0v) is 8.41. The van der Waals surface area contributed by atoms with Gasteiger partial charge in [0.15, 0.2) is 6.29 Å². The molecule has 0 spiro atoms. The van der Waals surface area contributed by atoms with Crippen molar-refractivity contribution in [2.45, 2.75) is 37.9 Å². The Balaban J connectivity index is 0.000000423. The van der Waals surface area contributed by atoms with Crippen molar-refractivity contribution in [3.05, 3.63) is 0 Å². The molecule has 6 N–H and O–H groups in total. The third-order valence-corrected chi connectivity index (χ3v) is 1.73. The van der Waals surface area contributed by atoms with Crippen LogP contribution in [0.4, 0.5) is 0 Å². The van der Waals surface area contributed by atoms with Crippen LogP contribution in [0.25, 0.3) is 0 Å². The van der Waals surface area contributed by atoms with Crippen molar-refractivity contribution in [2.75, 3.05) is 6.61 Å². The van der Waals surface area contributed by atoms with E-state index in [9.17, 15) is 4.79 Å². The Morgan fingerprint density at radius 1 is 1.47 bits per heavy atom. The fourth-order valence-electron chi connectivity index (χ4n) is 1.08. The Hall–Kier alpha value is -0.730. The smallest absolute Gasteiger partial charge is 0.214 e. The summed E-state index contributed by atoms with van der Waals surface area (Å²) in [5.74, 6) is -0.333. The Bertz CT molecular complexity index is 196. The number of hydrogen-bond donors (Lipinski definition) is 5. The van der Waals surface area contributed by atoms with Gasteiger partial charge in [0.2, 0.25) is 5.91 Å². The van der Waals surface area contributed by atoms with E-state index in [-0.39, 0.29) is 12.3 Å². The molecule has 15 heavy (non-hydrogen) atoms. The van der Waals surface area contributed by atoms with Gasteiger partial charge in [0, 0.05) is 13.3 Å². The molecular formula is C8H17NO6. The van der Waals surface area contributed by atoms with Crippen LogP contribution in [0.3, 0.4) is 0 Å². The fraction of sp³-hybridized carbons (Fsp3) is 0.875. The normalized spacial score (nSPS) is 35.3. The third-order valence-electron chi connectivity index (χ3n) is 1.73. The number of aliphatic hydroxyl groups excluding tert-OH is 4. The fourth-order valence-corrected chi connectivity index (χ4v) is 1.08. The second-order valence-corrected chi connectivity index (χ2v) is 3.22. The van der Waals surface area contributed by atoms with Crippen LogP contribution in [0, 0.1) is 0 Å². The van der Waals surface area contributed by atoms with Crippen molar-refractivity contribution in [3.63, 3.8) is 0 Å². The summed E-state index contributed by atoms with van der Waals surface area (Å²) in [6.45, 7) is 0.898. The zero-order valence-electron chi connectivity index (χ0n) is 8.41. The lowest BCUT2D eigenvalue weighted by atomic mass is 10.0. The molecule has 0 aromatic heterocycles. The summed E-state index contributed by atoms with van der Waals surface area (Å²) < 4.78 is 4.71. The molecule has 0 bridgehead atoms. The minimum Gasteiger partial charge on any atom is -0.394 e. The molecule has 7 heteroatoms. The van der Waals surface area contributed by atoms with Crippen molar-refractivity contribution >= 4 is 5.91 Å². The second kappa shape index (κ2) is 6.70. The summed E-state index contributed by atoms with van der Waals surface area (Å²) in [4.78, 5) is 9.22. The predicted molar refractivity (Wildman–Crippen MR) is 49.5 cm³/mol. The molecule has 0 unspecified atom stereocenters. The summed E-state index contributed by atoms with van der Waals surface area (Å²) in [5.41, 5.74) is 4.47. The summed E-state index contributed by atoms with van der Waals surface area (Å²) in [7, 11) is 0. The van der Waals surface area contributed by atoms with Crippen molar-refractivity contribution in [1.82, 2.24) is 0 Å². The van der Waals surface area contributed by atoms with E-state index in [1.165, 1.54) is 6.92 Å². The van der Waals surface area contributed by atoms with Crippen LogP contribution >= 0.6 is 0 Å². The maximum absolute atomic E-state index is 9.22. The van der Waals surface area contributed by atoms with E-state index in [0.717, 1.165) is 0 Å². The number of hydrogen-bond acceptors (Lipinski definition) is 6. The van der Waals surface area contributed by atoms with E-state index in [0.29, 0.717) is 0 Å². The molecule has 0 aromatic rings. The number of rotatable bonds is 1. The molecule has 1 amide bonds. The average Bonchev–Trinajstić information content (AvgIpc) is 2.10. The zero-order chi connectivity index (χ0) is 12.0. The Kier molecular flexibility index (Phi) is 6.37.